The van der Waals surface area contributed by atoms with Crippen LogP contribution in [0.1, 0.15) is 71.4 Å². The van der Waals surface area contributed by atoms with Gasteiger partial charge >= 0.3 is 7.75 Å². The van der Waals surface area contributed by atoms with Gasteiger partial charge in [-0.3, -0.25) is 13.9 Å². The first-order chi connectivity index (χ1) is 27.2. The molecule has 14 nitrogen and oxygen atoms in total. The number of carbonyl (C=O) groups is 1. The fourth-order valence-electron chi connectivity index (χ4n) is 5.69. The highest BCUT2D eigenvalue weighted by molar-refractivity contribution is 7.52. The molecule has 6 N–H and O–H groups in total. The largest absolute Gasteiger partial charge is 0.459 e. The Labute approximate surface area is 329 Å². The van der Waals surface area contributed by atoms with Crippen LogP contribution < -0.4 is 20.7 Å². The fourth-order valence-corrected chi connectivity index (χ4v) is 7.21. The number of aliphatic hydroxyl groups excluding tert-OH is 2. The number of nitrogens with one attached hydrogen (secondary N) is 2. The van der Waals surface area contributed by atoms with E-state index in [0.717, 1.165) is 38.5 Å². The van der Waals surface area contributed by atoms with Crippen molar-refractivity contribution in [1.29, 1.82) is 0 Å². The molecule has 4 rings (SSSR count). The van der Waals surface area contributed by atoms with E-state index in [2.05, 4.69) is 93.0 Å². The molecule has 3 aromatic rings. The molecule has 1 aliphatic rings. The van der Waals surface area contributed by atoms with Crippen LogP contribution in [0.4, 0.5) is 5.82 Å². The normalized spacial score (nSPS) is 20.8. The van der Waals surface area contributed by atoms with Gasteiger partial charge in [0.15, 0.2) is 17.7 Å². The second-order valence-electron chi connectivity index (χ2n) is 13.0. The number of amides is 1. The second kappa shape index (κ2) is 24.1. The summed E-state index contributed by atoms with van der Waals surface area (Å²) < 4.78 is 33.2. The van der Waals surface area contributed by atoms with Gasteiger partial charge in [0.1, 0.15) is 35.9 Å². The van der Waals surface area contributed by atoms with Crippen LogP contribution in [0, 0.1) is 0 Å². The van der Waals surface area contributed by atoms with Gasteiger partial charge in [0.05, 0.1) is 12.4 Å². The lowest BCUT2D eigenvalue weighted by Crippen LogP contribution is -2.39. The molecule has 0 spiro atoms. The first-order valence-electron chi connectivity index (χ1n) is 19.1. The number of fused-ring (bicyclic) bond motifs is 1. The highest BCUT2D eigenvalue weighted by atomic mass is 31.2. The maximum absolute atomic E-state index is 14.0. The Morgan fingerprint density at radius 1 is 0.893 bits per heavy atom. The van der Waals surface area contributed by atoms with Crippen molar-refractivity contribution in [3.8, 4) is 5.75 Å². The Kier molecular flexibility index (Phi) is 18.9. The van der Waals surface area contributed by atoms with E-state index in [1.54, 1.807) is 37.3 Å². The molecule has 0 bridgehead atoms. The third-order valence-corrected chi connectivity index (χ3v) is 10.2. The van der Waals surface area contributed by atoms with Crippen LogP contribution >= 0.6 is 7.75 Å². The molecule has 6 atom stereocenters. The third-order valence-electron chi connectivity index (χ3n) is 8.56. The minimum Gasteiger partial charge on any atom is -0.413 e. The van der Waals surface area contributed by atoms with Gasteiger partial charge in [0.25, 0.3) is 0 Å². The molecular formula is C41H56N7O7P. The van der Waals surface area contributed by atoms with Crippen LogP contribution in [0.2, 0.25) is 0 Å². The molecule has 302 valence electrons. The molecule has 2 unspecified atom stereocenters. The maximum Gasteiger partial charge on any atom is 0.459 e. The number of hydrogen-bond acceptors (Lipinski definition) is 11. The van der Waals surface area contributed by atoms with Gasteiger partial charge in [-0.1, -0.05) is 98.0 Å². The van der Waals surface area contributed by atoms with E-state index in [-0.39, 0.29) is 30.6 Å². The smallest absolute Gasteiger partial charge is 0.413 e. The summed E-state index contributed by atoms with van der Waals surface area (Å²) in [7, 11) is -4.10. The Morgan fingerprint density at radius 3 is 2.12 bits per heavy atom. The molecule has 1 aliphatic heterocycles. The lowest BCUT2D eigenvalue weighted by molar-refractivity contribution is -0.120. The summed E-state index contributed by atoms with van der Waals surface area (Å²) in [5.74, 6) is 0.283. The van der Waals surface area contributed by atoms with Crippen LogP contribution in [0.25, 0.3) is 11.2 Å². The summed E-state index contributed by atoms with van der Waals surface area (Å²) in [4.78, 5) is 24.8. The Morgan fingerprint density at radius 2 is 1.50 bits per heavy atom. The molecule has 3 heterocycles. The van der Waals surface area contributed by atoms with Crippen LogP contribution in [-0.4, -0.2) is 73.1 Å². The van der Waals surface area contributed by atoms with Gasteiger partial charge in [-0.05, 0) is 64.0 Å². The zero-order chi connectivity index (χ0) is 40.0. The minimum atomic E-state index is -4.10. The van der Waals surface area contributed by atoms with Gasteiger partial charge in [0.2, 0.25) is 5.91 Å². The Hall–Kier alpha value is -4.69. The van der Waals surface area contributed by atoms with Crippen LogP contribution in [0.3, 0.4) is 0 Å². The van der Waals surface area contributed by atoms with Crippen molar-refractivity contribution in [1.82, 2.24) is 29.9 Å². The van der Waals surface area contributed by atoms with Crippen molar-refractivity contribution in [3.63, 3.8) is 0 Å². The lowest BCUT2D eigenvalue weighted by Gasteiger charge is -2.27. The van der Waals surface area contributed by atoms with E-state index < -0.39 is 38.4 Å². The molecule has 1 saturated heterocycles. The Balaban J connectivity index is 1.16. The number of rotatable bonds is 24. The number of allylic oxidation sites excluding steroid dienone is 12. The molecule has 0 radical (unpaired) electrons. The predicted octanol–water partition coefficient (Wildman–Crippen LogP) is 6.80. The lowest BCUT2D eigenvalue weighted by atomic mass is 10.1. The maximum atomic E-state index is 14.0. The number of carbonyl (C=O) groups excluding carboxylic acids is 1. The number of nitrogens with two attached hydrogens (primary N) is 1. The summed E-state index contributed by atoms with van der Waals surface area (Å²) in [6.07, 6.45) is 28.8. The monoisotopic (exact) mass is 789 g/mol. The van der Waals surface area contributed by atoms with Gasteiger partial charge in [-0.15, -0.1) is 0 Å². The van der Waals surface area contributed by atoms with Crippen molar-refractivity contribution in [3.05, 3.63) is 116 Å². The van der Waals surface area contributed by atoms with Gasteiger partial charge in [0, 0.05) is 19.5 Å². The van der Waals surface area contributed by atoms with E-state index >= 15 is 0 Å². The molecule has 1 fully saturated rings. The number of ether oxygens (including phenoxy) is 1. The minimum absolute atomic E-state index is 0.0595. The van der Waals surface area contributed by atoms with E-state index in [1.807, 2.05) is 12.2 Å². The fraction of sp³-hybridized carbons (Fsp3) is 0.415. The van der Waals surface area contributed by atoms with Crippen molar-refractivity contribution in [2.45, 2.75) is 95.9 Å². The molecule has 15 heteroatoms. The van der Waals surface area contributed by atoms with Crippen molar-refractivity contribution in [2.24, 2.45) is 0 Å². The predicted molar refractivity (Wildman–Crippen MR) is 219 cm³/mol. The van der Waals surface area contributed by atoms with E-state index in [0.29, 0.717) is 24.0 Å². The first-order valence-corrected chi connectivity index (χ1v) is 20.7. The molecule has 2 aromatic heterocycles. The standard InChI is InChI=1S/C41H56N7O7P/c1-3-4-5-6-7-8-9-10-11-12-13-14-15-16-17-18-19-20-24-27-34(49)43-28-29-47-56(52,55-33-25-22-21-23-26-33)54-32(2)38-36(50)37(51)41(53-38)48-31-46-35-39(42)44-30-45-40(35)48/h4-5,7-8,10-11,13-14,16-17,19-23,25-26,30-32,36-38,41,50-51H,3,6,9,12,15,18,24,27-29H2,1-2H3,(H,43,49)(H,47,52)(H2,42,44,45)/b5-4-,8-7-,11-10-,14-13-,17-16-,20-19-/t32?,36-,37+,38+,41+,56?/m0/s1. The molecule has 1 aromatic carbocycles. The Bertz CT molecular complexity index is 1860. The number of nitrogen functional groups attached to an aromatic ring is 1. The van der Waals surface area contributed by atoms with E-state index in [9.17, 15) is 19.6 Å². The molecule has 56 heavy (non-hydrogen) atoms. The van der Waals surface area contributed by atoms with Crippen LogP contribution in [0.5, 0.6) is 5.75 Å². The van der Waals surface area contributed by atoms with Gasteiger partial charge in [-0.2, -0.15) is 0 Å². The van der Waals surface area contributed by atoms with Gasteiger partial charge in [-0.25, -0.2) is 24.6 Å². The number of aromatic nitrogens is 4. The van der Waals surface area contributed by atoms with Crippen molar-refractivity contribution >= 4 is 30.6 Å². The number of anilines is 1. The number of nitrogens with zero attached hydrogens (tertiary/aromatic N) is 4. The van der Waals surface area contributed by atoms with Crippen LogP contribution in [0.15, 0.2) is 116 Å². The summed E-state index contributed by atoms with van der Waals surface area (Å²) in [6, 6.07) is 8.47. The van der Waals surface area contributed by atoms with E-state index in [4.69, 9.17) is 19.5 Å². The first kappa shape index (κ1) is 44.0. The number of hydrogen-bond donors (Lipinski definition) is 5. The molecule has 0 saturated carbocycles. The zero-order valence-corrected chi connectivity index (χ0v) is 33.1. The second-order valence-corrected chi connectivity index (χ2v) is 14.7. The topological polar surface area (TPSA) is 196 Å². The SMILES string of the molecule is CC/C=C\C/C=C\C/C=C\C/C=C\C/C=C\C/C=C\CCC(=O)NCCNP(=O)(Oc1ccccc1)OC(C)[C@H]1O[C@@H](n2cnc3c(N)ncnc32)[C@H](O)[C@@H]1O. The molecule has 1 amide bonds. The highest BCUT2D eigenvalue weighted by Crippen LogP contribution is 2.47. The highest BCUT2D eigenvalue weighted by Gasteiger charge is 2.48. The number of imidazole rings is 1. The van der Waals surface area contributed by atoms with Crippen LogP contribution in [-0.2, 0) is 18.6 Å². The summed E-state index contributed by atoms with van der Waals surface area (Å²) in [5.41, 5.74) is 6.52. The van der Waals surface area contributed by atoms with Crippen molar-refractivity contribution < 1.29 is 33.4 Å². The molecular weight excluding hydrogens is 733 g/mol. The average molecular weight is 790 g/mol. The quantitative estimate of drug-likeness (QED) is 0.0362. The number of benzene rings is 1. The summed E-state index contributed by atoms with van der Waals surface area (Å²) in [6.45, 7) is 3.91. The van der Waals surface area contributed by atoms with Crippen molar-refractivity contribution in [2.75, 3.05) is 18.8 Å². The zero-order valence-electron chi connectivity index (χ0n) is 32.2. The average Bonchev–Trinajstić information content (AvgIpc) is 3.75. The summed E-state index contributed by atoms with van der Waals surface area (Å²) >= 11 is 0. The van der Waals surface area contributed by atoms with Gasteiger partial charge < -0.3 is 30.5 Å². The molecule has 0 aliphatic carbocycles. The third kappa shape index (κ3) is 14.4. The summed E-state index contributed by atoms with van der Waals surface area (Å²) in [5, 5.41) is 27.5. The number of aliphatic hydroxyl groups is 2. The number of para-hydroxylation sites is 1. The van der Waals surface area contributed by atoms with E-state index in [1.165, 1.54) is 17.2 Å².